The second-order valence-corrected chi connectivity index (χ2v) is 6.38. The fourth-order valence-corrected chi connectivity index (χ4v) is 3.02. The standard InChI is InChI=1S/C21H17FN2O3/c1-13-16-9-6-10-17(22)20(16)26-19(13)21(25)24(2)12-15-11-18(23-27-15)14-7-4-3-5-8-14/h3-11H,12H2,1-2H3. The molecule has 2 aromatic carbocycles. The second kappa shape index (κ2) is 6.72. The van der Waals surface area contributed by atoms with Gasteiger partial charge in [0, 0.05) is 29.6 Å². The highest BCUT2D eigenvalue weighted by atomic mass is 19.1. The predicted molar refractivity (Wildman–Crippen MR) is 98.6 cm³/mol. The van der Waals surface area contributed by atoms with Crippen LogP contribution in [0.2, 0.25) is 0 Å². The van der Waals surface area contributed by atoms with Gasteiger partial charge in [-0.1, -0.05) is 47.6 Å². The van der Waals surface area contributed by atoms with E-state index in [9.17, 15) is 9.18 Å². The van der Waals surface area contributed by atoms with Gasteiger partial charge in [-0.25, -0.2) is 4.39 Å². The van der Waals surface area contributed by atoms with Gasteiger partial charge >= 0.3 is 0 Å². The van der Waals surface area contributed by atoms with Crippen molar-refractivity contribution >= 4 is 16.9 Å². The summed E-state index contributed by atoms with van der Waals surface area (Å²) in [7, 11) is 1.63. The third-order valence-corrected chi connectivity index (χ3v) is 4.48. The maximum atomic E-state index is 13.9. The van der Waals surface area contributed by atoms with E-state index in [0.29, 0.717) is 22.4 Å². The zero-order chi connectivity index (χ0) is 19.0. The molecule has 0 bridgehead atoms. The summed E-state index contributed by atoms with van der Waals surface area (Å²) in [5.74, 6) is -0.161. The Labute approximate surface area is 155 Å². The number of hydrogen-bond donors (Lipinski definition) is 0. The zero-order valence-electron chi connectivity index (χ0n) is 14.9. The van der Waals surface area contributed by atoms with E-state index in [-0.39, 0.29) is 23.8 Å². The van der Waals surface area contributed by atoms with Crippen molar-refractivity contribution in [1.82, 2.24) is 10.1 Å². The lowest BCUT2D eigenvalue weighted by Crippen LogP contribution is -2.26. The Morgan fingerprint density at radius 2 is 1.93 bits per heavy atom. The van der Waals surface area contributed by atoms with E-state index < -0.39 is 5.82 Å². The molecular weight excluding hydrogens is 347 g/mol. The maximum Gasteiger partial charge on any atom is 0.290 e. The quantitative estimate of drug-likeness (QED) is 0.521. The van der Waals surface area contributed by atoms with Gasteiger partial charge in [0.2, 0.25) is 0 Å². The minimum absolute atomic E-state index is 0.0952. The molecule has 6 heteroatoms. The van der Waals surface area contributed by atoms with Crippen molar-refractivity contribution in [1.29, 1.82) is 0 Å². The van der Waals surface area contributed by atoms with Gasteiger partial charge < -0.3 is 13.8 Å². The number of amides is 1. The number of aromatic nitrogens is 1. The average molecular weight is 364 g/mol. The Bertz CT molecular complexity index is 1120. The van der Waals surface area contributed by atoms with Gasteiger partial charge in [0.1, 0.15) is 5.69 Å². The topological polar surface area (TPSA) is 59.5 Å². The van der Waals surface area contributed by atoms with Crippen LogP contribution in [0.3, 0.4) is 0 Å². The molecule has 1 amide bonds. The van der Waals surface area contributed by atoms with Crippen molar-refractivity contribution in [3.63, 3.8) is 0 Å². The molecular formula is C21H17FN2O3. The molecule has 0 unspecified atom stereocenters. The summed E-state index contributed by atoms with van der Waals surface area (Å²) in [5, 5.41) is 4.64. The Morgan fingerprint density at radius 1 is 1.15 bits per heavy atom. The molecule has 4 rings (SSSR count). The van der Waals surface area contributed by atoms with Crippen LogP contribution in [-0.2, 0) is 6.54 Å². The van der Waals surface area contributed by atoms with E-state index >= 15 is 0 Å². The molecule has 136 valence electrons. The highest BCUT2D eigenvalue weighted by molar-refractivity contribution is 5.98. The Kier molecular flexibility index (Phi) is 4.24. The number of halogens is 1. The molecule has 0 aliphatic heterocycles. The number of nitrogens with zero attached hydrogens (tertiary/aromatic N) is 2. The lowest BCUT2D eigenvalue weighted by Gasteiger charge is -2.13. The largest absolute Gasteiger partial charge is 0.448 e. The van der Waals surface area contributed by atoms with E-state index in [4.69, 9.17) is 8.94 Å². The first-order valence-corrected chi connectivity index (χ1v) is 8.48. The predicted octanol–water partition coefficient (Wildman–Crippen LogP) is 4.81. The van der Waals surface area contributed by atoms with Crippen LogP contribution in [0.25, 0.3) is 22.2 Å². The van der Waals surface area contributed by atoms with Gasteiger partial charge in [0.25, 0.3) is 5.91 Å². The summed E-state index contributed by atoms with van der Waals surface area (Å²) in [6.07, 6.45) is 0. The fraction of sp³-hybridized carbons (Fsp3) is 0.143. The summed E-state index contributed by atoms with van der Waals surface area (Å²) in [6, 6.07) is 16.1. The van der Waals surface area contributed by atoms with Gasteiger partial charge in [-0.05, 0) is 13.0 Å². The highest BCUT2D eigenvalue weighted by Crippen LogP contribution is 2.28. The van der Waals surface area contributed by atoms with Gasteiger partial charge in [0.05, 0.1) is 6.54 Å². The minimum Gasteiger partial charge on any atom is -0.448 e. The van der Waals surface area contributed by atoms with Crippen LogP contribution in [0.15, 0.2) is 63.5 Å². The molecule has 0 spiro atoms. The van der Waals surface area contributed by atoms with E-state index in [1.807, 2.05) is 30.3 Å². The summed E-state index contributed by atoms with van der Waals surface area (Å²) < 4.78 is 24.8. The smallest absolute Gasteiger partial charge is 0.290 e. The summed E-state index contributed by atoms with van der Waals surface area (Å²) >= 11 is 0. The maximum absolute atomic E-state index is 13.9. The van der Waals surface area contributed by atoms with Crippen molar-refractivity contribution < 1.29 is 18.1 Å². The van der Waals surface area contributed by atoms with Crippen LogP contribution < -0.4 is 0 Å². The number of fused-ring (bicyclic) bond motifs is 1. The van der Waals surface area contributed by atoms with Crippen molar-refractivity contribution in [2.75, 3.05) is 7.05 Å². The molecule has 5 nitrogen and oxygen atoms in total. The van der Waals surface area contributed by atoms with Crippen LogP contribution in [-0.4, -0.2) is 23.0 Å². The first kappa shape index (κ1) is 17.0. The summed E-state index contributed by atoms with van der Waals surface area (Å²) in [5.41, 5.74) is 2.35. The Hall–Kier alpha value is -3.41. The number of aryl methyl sites for hydroxylation is 1. The highest BCUT2D eigenvalue weighted by Gasteiger charge is 2.23. The van der Waals surface area contributed by atoms with E-state index in [1.165, 1.54) is 11.0 Å². The van der Waals surface area contributed by atoms with E-state index in [2.05, 4.69) is 5.16 Å². The van der Waals surface area contributed by atoms with Gasteiger partial charge in [0.15, 0.2) is 22.9 Å². The monoisotopic (exact) mass is 364 g/mol. The molecule has 27 heavy (non-hydrogen) atoms. The molecule has 2 heterocycles. The number of hydrogen-bond acceptors (Lipinski definition) is 4. The summed E-state index contributed by atoms with van der Waals surface area (Å²) in [4.78, 5) is 14.2. The number of rotatable bonds is 4. The molecule has 0 fully saturated rings. The molecule has 0 radical (unpaired) electrons. The first-order chi connectivity index (χ1) is 13.0. The zero-order valence-corrected chi connectivity index (χ0v) is 14.9. The molecule has 0 saturated heterocycles. The van der Waals surface area contributed by atoms with Crippen LogP contribution in [0, 0.1) is 12.7 Å². The third kappa shape index (κ3) is 3.10. The second-order valence-electron chi connectivity index (χ2n) is 6.38. The normalized spacial score (nSPS) is 11.1. The lowest BCUT2D eigenvalue weighted by atomic mass is 10.1. The molecule has 0 N–H and O–H groups in total. The molecule has 2 aromatic heterocycles. The average Bonchev–Trinajstić information content (AvgIpc) is 3.28. The molecule has 0 atom stereocenters. The van der Waals surface area contributed by atoms with Crippen molar-refractivity contribution in [2.45, 2.75) is 13.5 Å². The SMILES string of the molecule is Cc1c(C(=O)N(C)Cc2cc(-c3ccccc3)no2)oc2c(F)cccc12. The van der Waals surface area contributed by atoms with Crippen LogP contribution in [0.1, 0.15) is 21.9 Å². The molecule has 0 saturated carbocycles. The van der Waals surface area contributed by atoms with E-state index in [0.717, 1.165) is 5.56 Å². The lowest BCUT2D eigenvalue weighted by molar-refractivity contribution is 0.0742. The number of benzene rings is 2. The summed E-state index contributed by atoms with van der Waals surface area (Å²) in [6.45, 7) is 1.96. The van der Waals surface area contributed by atoms with Gasteiger partial charge in [-0.15, -0.1) is 0 Å². The van der Waals surface area contributed by atoms with E-state index in [1.54, 1.807) is 32.2 Å². The van der Waals surface area contributed by atoms with Crippen molar-refractivity contribution in [3.05, 3.63) is 77.5 Å². The number of furan rings is 1. The first-order valence-electron chi connectivity index (χ1n) is 8.48. The number of carbonyl (C=O) groups excluding carboxylic acids is 1. The fourth-order valence-electron chi connectivity index (χ4n) is 3.02. The third-order valence-electron chi connectivity index (χ3n) is 4.48. The van der Waals surface area contributed by atoms with Crippen LogP contribution >= 0.6 is 0 Å². The Morgan fingerprint density at radius 3 is 2.67 bits per heavy atom. The van der Waals surface area contributed by atoms with Crippen molar-refractivity contribution in [3.8, 4) is 11.3 Å². The molecule has 0 aliphatic carbocycles. The number of carbonyl (C=O) groups is 1. The van der Waals surface area contributed by atoms with Crippen LogP contribution in [0.4, 0.5) is 4.39 Å². The Balaban J connectivity index is 1.56. The van der Waals surface area contributed by atoms with Gasteiger partial charge in [-0.2, -0.15) is 0 Å². The van der Waals surface area contributed by atoms with Crippen LogP contribution in [0.5, 0.6) is 0 Å². The molecule has 0 aliphatic rings. The minimum atomic E-state index is -0.486. The number of para-hydroxylation sites is 1. The van der Waals surface area contributed by atoms with Gasteiger partial charge in [-0.3, -0.25) is 4.79 Å². The van der Waals surface area contributed by atoms with Crippen molar-refractivity contribution in [2.24, 2.45) is 0 Å². The molecule has 4 aromatic rings.